The molecule has 0 aromatic heterocycles. The number of amides is 1. The van der Waals surface area contributed by atoms with Crippen molar-refractivity contribution in [2.24, 2.45) is 0 Å². The normalized spacial score (nSPS) is 17.4. The van der Waals surface area contributed by atoms with Crippen LogP contribution in [0.3, 0.4) is 0 Å². The van der Waals surface area contributed by atoms with E-state index in [2.05, 4.69) is 24.3 Å². The van der Waals surface area contributed by atoms with Crippen molar-refractivity contribution in [2.75, 3.05) is 13.1 Å². The molecule has 1 amide bonds. The molecule has 1 aliphatic rings. The van der Waals surface area contributed by atoms with E-state index in [9.17, 15) is 9.59 Å². The van der Waals surface area contributed by atoms with Crippen molar-refractivity contribution < 1.29 is 14.3 Å². The average molecular weight is 331 g/mol. The number of aldehydes is 1. The van der Waals surface area contributed by atoms with E-state index in [-0.39, 0.29) is 11.5 Å². The van der Waals surface area contributed by atoms with Crippen LogP contribution in [-0.4, -0.2) is 36.0 Å². The molecule has 4 heteroatoms. The van der Waals surface area contributed by atoms with Crippen LogP contribution in [0.4, 0.5) is 4.79 Å². The molecular weight excluding hydrogens is 302 g/mol. The Kier molecular flexibility index (Phi) is 6.03. The van der Waals surface area contributed by atoms with Gasteiger partial charge in [-0.05, 0) is 57.4 Å². The molecule has 1 fully saturated rings. The zero-order valence-electron chi connectivity index (χ0n) is 15.1. The lowest BCUT2D eigenvalue weighted by molar-refractivity contribution is -0.108. The molecule has 1 heterocycles. The van der Waals surface area contributed by atoms with E-state index in [0.717, 1.165) is 32.0 Å². The summed E-state index contributed by atoms with van der Waals surface area (Å²) in [6.07, 6.45) is 5.07. The van der Waals surface area contributed by atoms with Crippen LogP contribution in [0.25, 0.3) is 0 Å². The summed E-state index contributed by atoms with van der Waals surface area (Å²) in [6, 6.07) is 10.5. The van der Waals surface area contributed by atoms with E-state index >= 15 is 0 Å². The maximum atomic E-state index is 12.3. The Morgan fingerprint density at radius 3 is 2.38 bits per heavy atom. The van der Waals surface area contributed by atoms with E-state index < -0.39 is 5.60 Å². The summed E-state index contributed by atoms with van der Waals surface area (Å²) in [7, 11) is 0. The largest absolute Gasteiger partial charge is 0.444 e. The highest BCUT2D eigenvalue weighted by Crippen LogP contribution is 2.40. The van der Waals surface area contributed by atoms with Crippen molar-refractivity contribution in [3.05, 3.63) is 35.9 Å². The first-order valence-electron chi connectivity index (χ1n) is 8.83. The number of benzene rings is 1. The monoisotopic (exact) mass is 331 g/mol. The van der Waals surface area contributed by atoms with Gasteiger partial charge in [0.05, 0.1) is 0 Å². The molecule has 0 radical (unpaired) electrons. The average Bonchev–Trinajstić information content (AvgIpc) is 2.55. The van der Waals surface area contributed by atoms with Crippen molar-refractivity contribution in [1.29, 1.82) is 0 Å². The Hall–Kier alpha value is -1.84. The Labute approximate surface area is 145 Å². The number of nitrogens with zero attached hydrogens (tertiary/aromatic N) is 1. The summed E-state index contributed by atoms with van der Waals surface area (Å²) in [5, 5.41) is 0. The molecule has 24 heavy (non-hydrogen) atoms. The highest BCUT2D eigenvalue weighted by Gasteiger charge is 2.37. The lowest BCUT2D eigenvalue weighted by atomic mass is 9.69. The number of piperidine rings is 1. The first kappa shape index (κ1) is 18.5. The van der Waals surface area contributed by atoms with Crippen molar-refractivity contribution in [1.82, 2.24) is 4.90 Å². The zero-order chi connectivity index (χ0) is 17.6. The molecule has 0 bridgehead atoms. The van der Waals surface area contributed by atoms with Crippen molar-refractivity contribution in [2.45, 2.75) is 63.9 Å². The van der Waals surface area contributed by atoms with Crippen LogP contribution in [0, 0.1) is 0 Å². The van der Waals surface area contributed by atoms with Gasteiger partial charge < -0.3 is 14.4 Å². The Bertz CT molecular complexity index is 540. The Balaban J connectivity index is 2.07. The second-order valence-electron chi connectivity index (χ2n) is 7.67. The molecule has 0 saturated carbocycles. The van der Waals surface area contributed by atoms with Gasteiger partial charge in [0.25, 0.3) is 0 Å². The van der Waals surface area contributed by atoms with E-state index in [1.165, 1.54) is 5.56 Å². The van der Waals surface area contributed by atoms with Crippen LogP contribution in [-0.2, 0) is 14.9 Å². The quantitative estimate of drug-likeness (QED) is 0.596. The fourth-order valence-electron chi connectivity index (χ4n) is 3.44. The van der Waals surface area contributed by atoms with Crippen molar-refractivity contribution >= 4 is 12.4 Å². The fourth-order valence-corrected chi connectivity index (χ4v) is 3.44. The van der Waals surface area contributed by atoms with Gasteiger partial charge in [0.2, 0.25) is 0 Å². The van der Waals surface area contributed by atoms with Crippen LogP contribution < -0.4 is 0 Å². The van der Waals surface area contributed by atoms with Gasteiger partial charge in [-0.15, -0.1) is 0 Å². The van der Waals surface area contributed by atoms with Crippen LogP contribution in [0.15, 0.2) is 30.3 Å². The summed E-state index contributed by atoms with van der Waals surface area (Å²) in [5.41, 5.74) is 0.914. The second-order valence-corrected chi connectivity index (χ2v) is 7.67. The number of likely N-dealkylation sites (tertiary alicyclic amines) is 1. The van der Waals surface area contributed by atoms with Gasteiger partial charge in [-0.1, -0.05) is 30.3 Å². The predicted octanol–water partition coefficient (Wildman–Crippen LogP) is 4.32. The lowest BCUT2D eigenvalue weighted by Gasteiger charge is -2.42. The molecule has 132 valence electrons. The van der Waals surface area contributed by atoms with Gasteiger partial charge >= 0.3 is 6.09 Å². The summed E-state index contributed by atoms with van der Waals surface area (Å²) < 4.78 is 5.49. The van der Waals surface area contributed by atoms with E-state index in [4.69, 9.17) is 4.74 Å². The van der Waals surface area contributed by atoms with E-state index in [1.54, 1.807) is 0 Å². The number of unbranched alkanes of at least 4 members (excludes halogenated alkanes) is 1. The van der Waals surface area contributed by atoms with E-state index in [1.807, 2.05) is 31.7 Å². The minimum atomic E-state index is -0.463. The van der Waals surface area contributed by atoms with Crippen LogP contribution in [0.1, 0.15) is 58.4 Å². The maximum absolute atomic E-state index is 12.3. The van der Waals surface area contributed by atoms with Gasteiger partial charge in [-0.2, -0.15) is 0 Å². The molecule has 1 saturated heterocycles. The first-order valence-corrected chi connectivity index (χ1v) is 8.83. The van der Waals surface area contributed by atoms with Gasteiger partial charge in [-0.25, -0.2) is 4.79 Å². The number of hydrogen-bond donors (Lipinski definition) is 0. The number of ether oxygens (including phenoxy) is 1. The molecule has 1 aliphatic heterocycles. The summed E-state index contributed by atoms with van der Waals surface area (Å²) in [4.78, 5) is 24.8. The third-order valence-electron chi connectivity index (χ3n) is 4.74. The molecule has 0 unspecified atom stereocenters. The molecule has 4 nitrogen and oxygen atoms in total. The molecule has 1 aromatic carbocycles. The van der Waals surface area contributed by atoms with Gasteiger partial charge in [0.15, 0.2) is 0 Å². The van der Waals surface area contributed by atoms with E-state index in [0.29, 0.717) is 19.5 Å². The minimum Gasteiger partial charge on any atom is -0.444 e. The van der Waals surface area contributed by atoms with Crippen LogP contribution in [0.5, 0.6) is 0 Å². The standard InChI is InChI=1S/C20H29NO3/c1-19(2,3)24-18(23)21-14-12-20(13-15-21,11-7-8-16-22)17-9-5-4-6-10-17/h4-6,9-10,16H,7-8,11-15H2,1-3H3. The van der Waals surface area contributed by atoms with Gasteiger partial charge in [0.1, 0.15) is 11.9 Å². The molecule has 1 aromatic rings. The molecule has 0 spiro atoms. The molecule has 0 N–H and O–H groups in total. The first-order chi connectivity index (χ1) is 11.4. The molecule has 2 rings (SSSR count). The van der Waals surface area contributed by atoms with Crippen LogP contribution >= 0.6 is 0 Å². The summed E-state index contributed by atoms with van der Waals surface area (Å²) in [6.45, 7) is 7.07. The highest BCUT2D eigenvalue weighted by molar-refractivity contribution is 5.68. The number of carbonyl (C=O) groups excluding carboxylic acids is 2. The third-order valence-corrected chi connectivity index (χ3v) is 4.74. The van der Waals surface area contributed by atoms with Gasteiger partial charge in [0, 0.05) is 19.5 Å². The molecular formula is C20H29NO3. The maximum Gasteiger partial charge on any atom is 0.410 e. The topological polar surface area (TPSA) is 46.6 Å². The Morgan fingerprint density at radius 1 is 1.21 bits per heavy atom. The lowest BCUT2D eigenvalue weighted by Crippen LogP contribution is -2.46. The molecule has 0 atom stereocenters. The van der Waals surface area contributed by atoms with Gasteiger partial charge in [-0.3, -0.25) is 0 Å². The van der Waals surface area contributed by atoms with Crippen molar-refractivity contribution in [3.63, 3.8) is 0 Å². The van der Waals surface area contributed by atoms with Crippen LogP contribution in [0.2, 0.25) is 0 Å². The smallest absolute Gasteiger partial charge is 0.410 e. The second kappa shape index (κ2) is 7.82. The highest BCUT2D eigenvalue weighted by atomic mass is 16.6. The Morgan fingerprint density at radius 2 is 1.83 bits per heavy atom. The third kappa shape index (κ3) is 4.83. The SMILES string of the molecule is CC(C)(C)OC(=O)N1CCC(CCCC=O)(c2ccccc2)CC1. The predicted molar refractivity (Wildman–Crippen MR) is 95.1 cm³/mol. The number of carbonyl (C=O) groups is 2. The fraction of sp³-hybridized carbons (Fsp3) is 0.600. The number of rotatable bonds is 5. The zero-order valence-corrected chi connectivity index (χ0v) is 15.1. The number of hydrogen-bond acceptors (Lipinski definition) is 3. The minimum absolute atomic E-state index is 0.0583. The summed E-state index contributed by atoms with van der Waals surface area (Å²) in [5.74, 6) is 0. The molecule has 0 aliphatic carbocycles. The van der Waals surface area contributed by atoms with Crippen molar-refractivity contribution in [3.8, 4) is 0 Å². The summed E-state index contributed by atoms with van der Waals surface area (Å²) >= 11 is 0.